The van der Waals surface area contributed by atoms with Crippen LogP contribution in [0.2, 0.25) is 0 Å². The van der Waals surface area contributed by atoms with Crippen molar-refractivity contribution >= 4 is 0 Å². The van der Waals surface area contributed by atoms with Crippen molar-refractivity contribution in [3.63, 3.8) is 0 Å². The molecule has 0 amide bonds. The van der Waals surface area contributed by atoms with E-state index >= 15 is 0 Å². The summed E-state index contributed by atoms with van der Waals surface area (Å²) in [5.41, 5.74) is 0. The summed E-state index contributed by atoms with van der Waals surface area (Å²) < 4.78 is 34.5. The van der Waals surface area contributed by atoms with Crippen molar-refractivity contribution in [3.05, 3.63) is 0 Å². The molecular weight excluding hydrogens is 211 g/mol. The zero-order valence-electron chi connectivity index (χ0n) is 6.17. The molecule has 0 radical (unpaired) electrons. The molecule has 0 atom stereocenters. The van der Waals surface area contributed by atoms with E-state index < -0.39 is 12.7 Å². The highest BCUT2D eigenvalue weighted by Crippen LogP contribution is 2.17. The van der Waals surface area contributed by atoms with Crippen LogP contribution < -0.4 is 17.0 Å². The summed E-state index contributed by atoms with van der Waals surface area (Å²) in [6.07, 6.45) is -4.04. The summed E-state index contributed by atoms with van der Waals surface area (Å²) in [5, 5.41) is 0. The molecule has 0 N–H and O–H groups in total. The van der Waals surface area contributed by atoms with Crippen LogP contribution in [-0.2, 0) is 0 Å². The van der Waals surface area contributed by atoms with Crippen LogP contribution in [0, 0.1) is 0 Å². The average Bonchev–Trinajstić information content (AvgIpc) is 1.14. The molecule has 0 aromatic heterocycles. The lowest BCUT2D eigenvalue weighted by atomic mass is 10.5. The maximum atomic E-state index is 11.5. The number of nitrogens with zero attached hydrogens (tertiary/aromatic N) is 1. The minimum absolute atomic E-state index is 0. The predicted octanol–water partition coefficient (Wildman–Crippen LogP) is -1.74. The summed E-state index contributed by atoms with van der Waals surface area (Å²) >= 11 is 0. The van der Waals surface area contributed by atoms with E-state index in [1.54, 1.807) is 0 Å². The SMILES string of the molecule is C[N+](C)(C)CC(F)(F)F.[Br-]. The predicted molar refractivity (Wildman–Crippen MR) is 29.0 cm³/mol. The third-order valence-corrected chi connectivity index (χ3v) is 0.654. The van der Waals surface area contributed by atoms with Gasteiger partial charge in [-0.25, -0.2) is 0 Å². The van der Waals surface area contributed by atoms with Crippen molar-refractivity contribution in [1.82, 2.24) is 0 Å². The Morgan fingerprint density at radius 3 is 1.40 bits per heavy atom. The third kappa shape index (κ3) is 11.1. The average molecular weight is 222 g/mol. The molecule has 5 heteroatoms. The Kier molecular flexibility index (Phi) is 4.60. The second-order valence-electron chi connectivity index (χ2n) is 3.06. The molecule has 0 aromatic rings. The van der Waals surface area contributed by atoms with E-state index in [9.17, 15) is 13.2 Å². The molecule has 0 spiro atoms. The molecule has 0 aliphatic heterocycles. The molecule has 0 unspecified atom stereocenters. The van der Waals surface area contributed by atoms with E-state index in [0.29, 0.717) is 0 Å². The van der Waals surface area contributed by atoms with Gasteiger partial charge in [0.25, 0.3) is 0 Å². The van der Waals surface area contributed by atoms with E-state index in [2.05, 4.69) is 0 Å². The minimum Gasteiger partial charge on any atom is -1.00 e. The quantitative estimate of drug-likeness (QED) is 0.462. The molecule has 0 fully saturated rings. The normalized spacial score (nSPS) is 12.6. The Balaban J connectivity index is 0. The largest absolute Gasteiger partial charge is 1.00 e. The number of hydrogen-bond acceptors (Lipinski definition) is 0. The Bertz CT molecular complexity index is 82.0. The standard InChI is InChI=1S/C5H11F3N.BrH/c1-9(2,3)4-5(6,7)8;/h4H2,1-3H3;1H/q+1;/p-1. The van der Waals surface area contributed by atoms with Crippen LogP contribution in [0.15, 0.2) is 0 Å². The number of alkyl halides is 3. The number of rotatable bonds is 1. The van der Waals surface area contributed by atoms with Gasteiger partial charge in [-0.3, -0.25) is 0 Å². The highest BCUT2D eigenvalue weighted by atomic mass is 79.9. The van der Waals surface area contributed by atoms with Crippen molar-refractivity contribution in [3.8, 4) is 0 Å². The van der Waals surface area contributed by atoms with Crippen molar-refractivity contribution in [2.75, 3.05) is 27.7 Å². The van der Waals surface area contributed by atoms with Gasteiger partial charge in [0.2, 0.25) is 0 Å². The molecule has 0 aromatic carbocycles. The lowest BCUT2D eigenvalue weighted by molar-refractivity contribution is -0.881. The summed E-state index contributed by atoms with van der Waals surface area (Å²) in [6, 6.07) is 0. The van der Waals surface area contributed by atoms with Crippen LogP contribution in [0.1, 0.15) is 0 Å². The van der Waals surface area contributed by atoms with Gasteiger partial charge in [-0.05, 0) is 0 Å². The topological polar surface area (TPSA) is 0 Å². The van der Waals surface area contributed by atoms with Crippen molar-refractivity contribution < 1.29 is 34.6 Å². The van der Waals surface area contributed by atoms with Gasteiger partial charge in [-0.1, -0.05) is 0 Å². The summed E-state index contributed by atoms with van der Waals surface area (Å²) in [7, 11) is 4.52. The van der Waals surface area contributed by atoms with Crippen LogP contribution >= 0.6 is 0 Å². The molecule has 64 valence electrons. The van der Waals surface area contributed by atoms with Crippen molar-refractivity contribution in [1.29, 1.82) is 0 Å². The molecular formula is C5H11BrF3N. The molecule has 0 saturated carbocycles. The van der Waals surface area contributed by atoms with Gasteiger partial charge in [0.05, 0.1) is 21.1 Å². The van der Waals surface area contributed by atoms with Gasteiger partial charge in [0.1, 0.15) is 0 Å². The number of quaternary nitrogens is 1. The first-order chi connectivity index (χ1) is 3.71. The van der Waals surface area contributed by atoms with Gasteiger partial charge < -0.3 is 21.5 Å². The molecule has 0 aliphatic carbocycles. The van der Waals surface area contributed by atoms with Crippen molar-refractivity contribution in [2.45, 2.75) is 6.18 Å². The van der Waals surface area contributed by atoms with E-state index in [1.807, 2.05) is 0 Å². The number of hydrogen-bond donors (Lipinski definition) is 0. The first-order valence-corrected chi connectivity index (χ1v) is 2.58. The highest BCUT2D eigenvalue weighted by molar-refractivity contribution is 4.43. The Morgan fingerprint density at radius 2 is 1.40 bits per heavy atom. The van der Waals surface area contributed by atoms with E-state index in [-0.39, 0.29) is 21.5 Å². The van der Waals surface area contributed by atoms with Crippen LogP contribution in [0.4, 0.5) is 13.2 Å². The van der Waals surface area contributed by atoms with Crippen LogP contribution in [0.25, 0.3) is 0 Å². The van der Waals surface area contributed by atoms with Gasteiger partial charge in [0, 0.05) is 0 Å². The maximum absolute atomic E-state index is 11.5. The minimum atomic E-state index is -4.04. The second-order valence-corrected chi connectivity index (χ2v) is 3.06. The van der Waals surface area contributed by atoms with Gasteiger partial charge in [-0.15, -0.1) is 0 Å². The first kappa shape index (κ1) is 12.9. The molecule has 1 nitrogen and oxygen atoms in total. The third-order valence-electron chi connectivity index (χ3n) is 0.654. The Labute approximate surface area is 69.2 Å². The lowest BCUT2D eigenvalue weighted by Crippen LogP contribution is -3.00. The number of halogens is 4. The summed E-state index contributed by atoms with van der Waals surface area (Å²) in [4.78, 5) is 0. The molecule has 0 saturated heterocycles. The molecule has 0 rings (SSSR count). The van der Waals surface area contributed by atoms with Gasteiger partial charge >= 0.3 is 6.18 Å². The molecule has 0 heterocycles. The summed E-state index contributed by atoms with van der Waals surface area (Å²) in [5.74, 6) is 0. The lowest BCUT2D eigenvalue weighted by Gasteiger charge is -2.24. The zero-order valence-corrected chi connectivity index (χ0v) is 7.75. The fourth-order valence-corrected chi connectivity index (χ4v) is 0.538. The van der Waals surface area contributed by atoms with Crippen molar-refractivity contribution in [2.24, 2.45) is 0 Å². The first-order valence-electron chi connectivity index (χ1n) is 2.58. The van der Waals surface area contributed by atoms with Gasteiger partial charge in [0.15, 0.2) is 6.54 Å². The fraction of sp³-hybridized carbons (Fsp3) is 1.00. The molecule has 10 heavy (non-hydrogen) atoms. The summed E-state index contributed by atoms with van der Waals surface area (Å²) in [6.45, 7) is -0.771. The van der Waals surface area contributed by atoms with E-state index in [4.69, 9.17) is 0 Å². The van der Waals surface area contributed by atoms with Gasteiger partial charge in [-0.2, -0.15) is 13.2 Å². The molecule has 0 bridgehead atoms. The van der Waals surface area contributed by atoms with E-state index in [1.165, 1.54) is 21.1 Å². The maximum Gasteiger partial charge on any atom is 0.438 e. The smallest absolute Gasteiger partial charge is 0.438 e. The Morgan fingerprint density at radius 1 is 1.10 bits per heavy atom. The highest BCUT2D eigenvalue weighted by Gasteiger charge is 2.34. The van der Waals surface area contributed by atoms with Crippen LogP contribution in [0.5, 0.6) is 0 Å². The molecule has 0 aliphatic rings. The second kappa shape index (κ2) is 3.57. The van der Waals surface area contributed by atoms with Crippen LogP contribution in [-0.4, -0.2) is 38.3 Å². The monoisotopic (exact) mass is 221 g/mol. The van der Waals surface area contributed by atoms with E-state index in [0.717, 1.165) is 0 Å². The Hall–Kier alpha value is 0.230. The fourth-order valence-electron chi connectivity index (χ4n) is 0.538. The zero-order chi connectivity index (χ0) is 7.71. The van der Waals surface area contributed by atoms with Crippen LogP contribution in [0.3, 0.4) is 0 Å².